The Hall–Kier alpha value is -4.01. The molecule has 5 rings (SSSR count). The first-order valence-corrected chi connectivity index (χ1v) is 14.2. The highest BCUT2D eigenvalue weighted by molar-refractivity contribution is 7.18. The molecule has 1 aromatic carbocycles. The number of halogens is 1. The fraction of sp³-hybridized carbons (Fsp3) is 0.429. The van der Waals surface area contributed by atoms with Gasteiger partial charge in [0.25, 0.3) is 17.4 Å². The number of nitrogens with one attached hydrogen (secondary N) is 3. The van der Waals surface area contributed by atoms with Crippen molar-refractivity contribution < 1.29 is 33.8 Å². The highest BCUT2D eigenvalue weighted by atomic mass is 35.5. The number of aromatic amines is 1. The van der Waals surface area contributed by atoms with Gasteiger partial charge in [-0.15, -0.1) is 23.7 Å². The van der Waals surface area contributed by atoms with Gasteiger partial charge in [-0.05, 0) is 69.2 Å². The number of H-pyrrole nitrogens is 1. The van der Waals surface area contributed by atoms with Crippen molar-refractivity contribution in [1.82, 2.24) is 15.3 Å². The normalized spacial score (nSPS) is 15.3. The summed E-state index contributed by atoms with van der Waals surface area (Å²) < 4.78 is 10.1. The van der Waals surface area contributed by atoms with Crippen LogP contribution in [0.3, 0.4) is 0 Å². The third-order valence-electron chi connectivity index (χ3n) is 6.39. The van der Waals surface area contributed by atoms with Crippen LogP contribution >= 0.6 is 23.7 Å². The van der Waals surface area contributed by atoms with E-state index in [0.29, 0.717) is 28.1 Å². The van der Waals surface area contributed by atoms with Gasteiger partial charge in [-0.1, -0.05) is 6.07 Å². The van der Waals surface area contributed by atoms with E-state index in [2.05, 4.69) is 20.6 Å². The van der Waals surface area contributed by atoms with Crippen LogP contribution in [0.25, 0.3) is 10.2 Å². The number of hydrogen-bond acceptors (Lipinski definition) is 10. The van der Waals surface area contributed by atoms with E-state index in [0.717, 1.165) is 28.8 Å². The summed E-state index contributed by atoms with van der Waals surface area (Å²) in [7, 11) is 0. The van der Waals surface area contributed by atoms with Crippen LogP contribution in [0.15, 0.2) is 23.0 Å². The Morgan fingerprint density at radius 1 is 1.26 bits per heavy atom. The summed E-state index contributed by atoms with van der Waals surface area (Å²) in [5.74, 6) is -1.82. The fourth-order valence-electron chi connectivity index (χ4n) is 4.76. The Labute approximate surface area is 257 Å². The molecule has 3 heterocycles. The van der Waals surface area contributed by atoms with Crippen molar-refractivity contribution in [3.8, 4) is 5.75 Å². The SMILES string of the molecule is CC(C)(C)OC(=O)CN.Cl.O=C(O)CC1CCCc2sc3nc(C(=O)NCc4ccc5c(c4)NC(=O)CO5)[nH]c(=O)c3c21. The maximum Gasteiger partial charge on any atom is 0.320 e. The molecule has 1 aliphatic carbocycles. The van der Waals surface area contributed by atoms with Crippen molar-refractivity contribution in [3.05, 3.63) is 50.4 Å². The zero-order valence-corrected chi connectivity index (χ0v) is 25.5. The van der Waals surface area contributed by atoms with Gasteiger partial charge in [0.1, 0.15) is 16.2 Å². The van der Waals surface area contributed by atoms with Crippen LogP contribution in [-0.4, -0.2) is 57.6 Å². The Morgan fingerprint density at radius 2 is 2.00 bits per heavy atom. The molecule has 1 unspecified atom stereocenters. The lowest BCUT2D eigenvalue weighted by Gasteiger charge is -2.21. The lowest BCUT2D eigenvalue weighted by molar-refractivity contribution is -0.153. The third-order valence-corrected chi connectivity index (χ3v) is 7.55. The number of aliphatic carboxylic acids is 1. The Balaban J connectivity index is 0.000000443. The summed E-state index contributed by atoms with van der Waals surface area (Å²) in [4.78, 5) is 67.1. The number of carboxylic acids is 1. The van der Waals surface area contributed by atoms with E-state index in [9.17, 15) is 29.1 Å². The molecule has 13 nitrogen and oxygen atoms in total. The van der Waals surface area contributed by atoms with Gasteiger partial charge in [-0.25, -0.2) is 4.98 Å². The molecule has 0 radical (unpaired) electrons. The fourth-order valence-corrected chi connectivity index (χ4v) is 6.06. The Bertz CT molecular complexity index is 1600. The first-order chi connectivity index (χ1) is 19.8. The van der Waals surface area contributed by atoms with Crippen LogP contribution in [0.1, 0.15) is 72.6 Å². The van der Waals surface area contributed by atoms with Gasteiger partial charge >= 0.3 is 11.9 Å². The van der Waals surface area contributed by atoms with Crippen molar-refractivity contribution in [1.29, 1.82) is 0 Å². The lowest BCUT2D eigenvalue weighted by Crippen LogP contribution is -2.28. The van der Waals surface area contributed by atoms with E-state index in [-0.39, 0.29) is 62.1 Å². The van der Waals surface area contributed by atoms with Crippen LogP contribution < -0.4 is 26.7 Å². The highest BCUT2D eigenvalue weighted by Crippen LogP contribution is 2.41. The number of fused-ring (bicyclic) bond motifs is 4. The summed E-state index contributed by atoms with van der Waals surface area (Å²) in [6.07, 6.45) is 2.30. The number of carbonyl (C=O) groups is 4. The number of benzene rings is 1. The van der Waals surface area contributed by atoms with Gasteiger partial charge in [0, 0.05) is 11.4 Å². The molecule has 1 aliphatic heterocycles. The van der Waals surface area contributed by atoms with Crippen LogP contribution in [0.5, 0.6) is 5.75 Å². The van der Waals surface area contributed by atoms with Gasteiger partial charge in [-0.2, -0.15) is 0 Å². The number of ether oxygens (including phenoxy) is 2. The maximum absolute atomic E-state index is 12.9. The number of thiophene rings is 1. The molecular weight excluding hydrogens is 602 g/mol. The number of rotatable bonds is 6. The molecule has 1 atom stereocenters. The molecule has 43 heavy (non-hydrogen) atoms. The summed E-state index contributed by atoms with van der Waals surface area (Å²) in [5, 5.41) is 15.1. The van der Waals surface area contributed by atoms with E-state index in [4.69, 9.17) is 15.2 Å². The number of carbonyl (C=O) groups excluding carboxylic acids is 3. The van der Waals surface area contributed by atoms with Crippen molar-refractivity contribution >= 4 is 63.4 Å². The number of esters is 1. The lowest BCUT2D eigenvalue weighted by atomic mass is 9.84. The van der Waals surface area contributed by atoms with Gasteiger partial charge in [0.15, 0.2) is 6.61 Å². The topological polar surface area (TPSA) is 203 Å². The molecule has 2 aliphatic rings. The van der Waals surface area contributed by atoms with E-state index in [1.54, 1.807) is 39.0 Å². The number of nitrogens with two attached hydrogens (primary N) is 1. The van der Waals surface area contributed by atoms with Crippen LogP contribution in [0.4, 0.5) is 5.69 Å². The maximum atomic E-state index is 12.9. The molecule has 232 valence electrons. The molecular formula is C28H34ClN5O8S. The summed E-state index contributed by atoms with van der Waals surface area (Å²) >= 11 is 1.35. The second kappa shape index (κ2) is 14.0. The minimum Gasteiger partial charge on any atom is -0.482 e. The summed E-state index contributed by atoms with van der Waals surface area (Å²) in [6.45, 7) is 5.50. The van der Waals surface area contributed by atoms with Gasteiger partial charge in [0.05, 0.1) is 24.0 Å². The van der Waals surface area contributed by atoms with Crippen LogP contribution in [-0.2, 0) is 32.1 Å². The number of aryl methyl sites for hydroxylation is 1. The smallest absolute Gasteiger partial charge is 0.320 e. The highest BCUT2D eigenvalue weighted by Gasteiger charge is 2.29. The van der Waals surface area contributed by atoms with E-state index >= 15 is 0 Å². The number of anilines is 1. The van der Waals surface area contributed by atoms with Gasteiger partial charge in [0.2, 0.25) is 5.82 Å². The minimum absolute atomic E-state index is 0. The Kier molecular flexibility index (Phi) is 10.9. The predicted octanol–water partition coefficient (Wildman–Crippen LogP) is 2.85. The van der Waals surface area contributed by atoms with Gasteiger partial charge in [-0.3, -0.25) is 24.0 Å². The zero-order chi connectivity index (χ0) is 30.6. The van der Waals surface area contributed by atoms with Crippen molar-refractivity contribution in [2.24, 2.45) is 5.73 Å². The average molecular weight is 636 g/mol. The zero-order valence-electron chi connectivity index (χ0n) is 23.9. The van der Waals surface area contributed by atoms with E-state index < -0.39 is 23.0 Å². The van der Waals surface area contributed by atoms with E-state index in [1.165, 1.54) is 11.3 Å². The van der Waals surface area contributed by atoms with Gasteiger partial charge < -0.3 is 35.9 Å². The average Bonchev–Trinajstić information content (AvgIpc) is 3.30. The number of nitrogens with zero attached hydrogens (tertiary/aromatic N) is 1. The molecule has 2 amide bonds. The monoisotopic (exact) mass is 635 g/mol. The first-order valence-electron chi connectivity index (χ1n) is 13.4. The largest absolute Gasteiger partial charge is 0.482 e. The first kappa shape index (κ1) is 33.5. The molecule has 15 heteroatoms. The third kappa shape index (κ3) is 8.52. The second-order valence-corrected chi connectivity index (χ2v) is 11.9. The molecule has 0 saturated heterocycles. The number of aromatic nitrogens is 2. The molecule has 0 fully saturated rings. The summed E-state index contributed by atoms with van der Waals surface area (Å²) in [6, 6.07) is 5.19. The van der Waals surface area contributed by atoms with Crippen molar-refractivity contribution in [2.75, 3.05) is 18.5 Å². The molecule has 0 spiro atoms. The molecule has 0 saturated carbocycles. The van der Waals surface area contributed by atoms with Crippen LogP contribution in [0.2, 0.25) is 0 Å². The second-order valence-electron chi connectivity index (χ2n) is 10.9. The van der Waals surface area contributed by atoms with E-state index in [1.807, 2.05) is 0 Å². The number of carboxylic acid groups (broad SMARTS) is 1. The quantitative estimate of drug-likeness (QED) is 0.251. The molecule has 6 N–H and O–H groups in total. The van der Waals surface area contributed by atoms with Crippen molar-refractivity contribution in [3.63, 3.8) is 0 Å². The van der Waals surface area contributed by atoms with Crippen LogP contribution in [0, 0.1) is 0 Å². The minimum atomic E-state index is -0.902. The number of amides is 2. The molecule has 0 bridgehead atoms. The summed E-state index contributed by atoms with van der Waals surface area (Å²) in [5.41, 5.74) is 6.20. The standard InChI is InChI=1S/C22H20N4O6S.C6H13NO2.ClH/c27-15-9-32-13-5-4-10(6-12(13)24-15)8-23-21(31)19-25-20(30)18-17-11(7-16(28)29)2-1-3-14(17)33-22(18)26-19;1-6(2,3)9-5(8)4-7;/h4-6,11H,1-3,7-9H2,(H,23,31)(H,24,27)(H,28,29)(H,25,26,30);4,7H2,1-3H3;1H. The molecule has 3 aromatic rings. The molecule has 2 aromatic heterocycles. The number of hydrogen-bond donors (Lipinski definition) is 5. The predicted molar refractivity (Wildman–Crippen MR) is 162 cm³/mol. The Morgan fingerprint density at radius 3 is 2.65 bits per heavy atom. The van der Waals surface area contributed by atoms with Crippen molar-refractivity contribution in [2.45, 2.75) is 64.5 Å².